The molecule has 0 radical (unpaired) electrons. The van der Waals surface area contributed by atoms with Gasteiger partial charge < -0.3 is 30.6 Å². The van der Waals surface area contributed by atoms with E-state index in [0.717, 1.165) is 43.1 Å². The molecule has 1 atom stereocenters. The first-order chi connectivity index (χ1) is 24.2. The predicted octanol–water partition coefficient (Wildman–Crippen LogP) is 4.29. The van der Waals surface area contributed by atoms with Crippen LogP contribution in [-0.4, -0.2) is 68.5 Å². The summed E-state index contributed by atoms with van der Waals surface area (Å²) in [6, 6.07) is 11.3. The van der Waals surface area contributed by atoms with Gasteiger partial charge in [-0.2, -0.15) is 5.10 Å². The fourth-order valence-corrected chi connectivity index (χ4v) is 6.91. The standard InChI is InChI=1S/C36H32F2N8O4/c37-23-3-1-20(2-4-23)31-32-36(49)45-11-12-50-30(45)19-44(32)18-28(33(31)47)35(48)43-24-5-6-26(29(38)14-24)27-13-21(15-41-34(27)39)22-16-42-46(17-22)25-7-9-40-10-8-25/h1-6,13-18,25,30,40H,7-12,19H2,(H2,39,41)(H,43,48). The van der Waals surface area contributed by atoms with Crippen molar-refractivity contribution in [1.82, 2.24) is 29.5 Å². The number of benzene rings is 2. The third kappa shape index (κ3) is 5.61. The fourth-order valence-electron chi connectivity index (χ4n) is 6.91. The molecule has 4 N–H and O–H groups in total. The molecular weight excluding hydrogens is 646 g/mol. The van der Waals surface area contributed by atoms with Crippen molar-refractivity contribution in [3.05, 3.63) is 106 Å². The summed E-state index contributed by atoms with van der Waals surface area (Å²) < 4.78 is 38.7. The Labute approximate surface area is 284 Å². The molecule has 3 aromatic heterocycles. The minimum Gasteiger partial charge on any atom is -0.383 e. The molecule has 12 nitrogen and oxygen atoms in total. The molecule has 1 unspecified atom stereocenters. The number of piperidine rings is 1. The molecule has 5 aromatic rings. The zero-order chi connectivity index (χ0) is 34.5. The Balaban J connectivity index is 1.09. The lowest BCUT2D eigenvalue weighted by molar-refractivity contribution is 0.00909. The van der Waals surface area contributed by atoms with Crippen LogP contribution in [0.4, 0.5) is 20.3 Å². The maximum Gasteiger partial charge on any atom is 0.273 e. The second-order valence-corrected chi connectivity index (χ2v) is 12.6. The Morgan fingerprint density at radius 1 is 0.960 bits per heavy atom. The molecule has 50 heavy (non-hydrogen) atoms. The summed E-state index contributed by atoms with van der Waals surface area (Å²) in [7, 11) is 0. The molecule has 6 heterocycles. The first-order valence-electron chi connectivity index (χ1n) is 16.3. The number of fused-ring (bicyclic) bond motifs is 2. The number of nitrogen functional groups attached to an aromatic ring is 1. The van der Waals surface area contributed by atoms with Gasteiger partial charge in [-0.25, -0.2) is 13.8 Å². The van der Waals surface area contributed by atoms with Crippen molar-refractivity contribution in [3.63, 3.8) is 0 Å². The van der Waals surface area contributed by atoms with Gasteiger partial charge in [0, 0.05) is 53.1 Å². The highest BCUT2D eigenvalue weighted by atomic mass is 19.1. The van der Waals surface area contributed by atoms with Gasteiger partial charge in [-0.3, -0.25) is 19.1 Å². The lowest BCUT2D eigenvalue weighted by atomic mass is 9.98. The zero-order valence-electron chi connectivity index (χ0n) is 26.7. The molecule has 0 spiro atoms. The van der Waals surface area contributed by atoms with Crippen LogP contribution in [-0.2, 0) is 11.3 Å². The molecule has 3 aliphatic heterocycles. The number of hydrogen-bond donors (Lipinski definition) is 3. The van der Waals surface area contributed by atoms with Gasteiger partial charge in [0.05, 0.1) is 31.0 Å². The molecule has 8 rings (SSSR count). The Hall–Kier alpha value is -5.73. The van der Waals surface area contributed by atoms with Gasteiger partial charge in [0.1, 0.15) is 28.7 Å². The number of nitrogens with two attached hydrogens (primary N) is 1. The van der Waals surface area contributed by atoms with Crippen LogP contribution in [0, 0.1) is 11.6 Å². The number of aromatic nitrogens is 4. The van der Waals surface area contributed by atoms with Crippen LogP contribution in [0.5, 0.6) is 0 Å². The number of pyridine rings is 2. The summed E-state index contributed by atoms with van der Waals surface area (Å²) in [5.74, 6) is -2.29. The third-order valence-corrected chi connectivity index (χ3v) is 9.52. The highest BCUT2D eigenvalue weighted by Gasteiger charge is 2.39. The van der Waals surface area contributed by atoms with E-state index in [1.165, 1.54) is 52.1 Å². The molecule has 3 aliphatic rings. The van der Waals surface area contributed by atoms with E-state index in [1.54, 1.807) is 18.5 Å². The molecule has 2 fully saturated rings. The number of carbonyl (C=O) groups is 2. The molecule has 0 aliphatic carbocycles. The summed E-state index contributed by atoms with van der Waals surface area (Å²) in [4.78, 5) is 46.9. The predicted molar refractivity (Wildman–Crippen MR) is 181 cm³/mol. The average Bonchev–Trinajstić information content (AvgIpc) is 3.81. The van der Waals surface area contributed by atoms with Crippen LogP contribution in [0.25, 0.3) is 33.4 Å². The van der Waals surface area contributed by atoms with E-state index in [-0.39, 0.29) is 46.0 Å². The summed E-state index contributed by atoms with van der Waals surface area (Å²) in [6.45, 7) is 2.75. The number of anilines is 2. The van der Waals surface area contributed by atoms with Crippen LogP contribution >= 0.6 is 0 Å². The van der Waals surface area contributed by atoms with E-state index in [0.29, 0.717) is 24.8 Å². The lowest BCUT2D eigenvalue weighted by Gasteiger charge is -2.32. The van der Waals surface area contributed by atoms with Gasteiger partial charge in [0.25, 0.3) is 11.8 Å². The summed E-state index contributed by atoms with van der Waals surface area (Å²) in [5.41, 5.74) is 7.73. The Morgan fingerprint density at radius 2 is 1.76 bits per heavy atom. The van der Waals surface area contributed by atoms with Crippen molar-refractivity contribution < 1.29 is 23.1 Å². The van der Waals surface area contributed by atoms with Gasteiger partial charge in [0.15, 0.2) is 6.23 Å². The fraction of sp³-hybridized carbons (Fsp3) is 0.250. The summed E-state index contributed by atoms with van der Waals surface area (Å²) in [5, 5.41) is 10.5. The number of rotatable bonds is 6. The van der Waals surface area contributed by atoms with Crippen molar-refractivity contribution in [2.75, 3.05) is 37.3 Å². The van der Waals surface area contributed by atoms with E-state index >= 15 is 4.39 Å². The number of nitrogens with zero attached hydrogens (tertiary/aromatic N) is 5. The average molecular weight is 679 g/mol. The third-order valence-electron chi connectivity index (χ3n) is 9.52. The Bertz CT molecular complexity index is 2210. The second kappa shape index (κ2) is 12.6. The lowest BCUT2D eigenvalue weighted by Crippen LogP contribution is -2.46. The number of nitrogens with one attached hydrogen (secondary N) is 2. The zero-order valence-corrected chi connectivity index (χ0v) is 26.7. The number of amides is 2. The van der Waals surface area contributed by atoms with Gasteiger partial charge in [-0.15, -0.1) is 0 Å². The first kappa shape index (κ1) is 31.5. The summed E-state index contributed by atoms with van der Waals surface area (Å²) >= 11 is 0. The van der Waals surface area contributed by atoms with Crippen molar-refractivity contribution >= 4 is 23.3 Å². The first-order valence-corrected chi connectivity index (χ1v) is 16.3. The van der Waals surface area contributed by atoms with Gasteiger partial charge in [-0.05, 0) is 67.9 Å². The van der Waals surface area contributed by atoms with Gasteiger partial charge >= 0.3 is 0 Å². The molecule has 14 heteroatoms. The minimum atomic E-state index is -0.808. The van der Waals surface area contributed by atoms with Crippen molar-refractivity contribution in [1.29, 1.82) is 0 Å². The van der Waals surface area contributed by atoms with Crippen molar-refractivity contribution in [2.45, 2.75) is 31.7 Å². The van der Waals surface area contributed by atoms with Gasteiger partial charge in [-0.1, -0.05) is 12.1 Å². The largest absolute Gasteiger partial charge is 0.383 e. The molecular formula is C36H32F2N8O4. The number of carbonyl (C=O) groups excluding carboxylic acids is 2. The molecule has 0 saturated carbocycles. The maximum atomic E-state index is 15.7. The summed E-state index contributed by atoms with van der Waals surface area (Å²) in [6.07, 6.45) is 8.05. The smallest absolute Gasteiger partial charge is 0.273 e. The van der Waals surface area contributed by atoms with Gasteiger partial charge in [0.2, 0.25) is 5.43 Å². The van der Waals surface area contributed by atoms with Crippen LogP contribution in [0.3, 0.4) is 0 Å². The molecule has 2 amide bonds. The monoisotopic (exact) mass is 678 g/mol. The van der Waals surface area contributed by atoms with Crippen LogP contribution < -0.4 is 21.8 Å². The van der Waals surface area contributed by atoms with Crippen LogP contribution in [0.1, 0.15) is 39.7 Å². The highest BCUT2D eigenvalue weighted by molar-refractivity contribution is 6.07. The number of ether oxygens (including phenoxy) is 1. The highest BCUT2D eigenvalue weighted by Crippen LogP contribution is 2.34. The number of hydrogen-bond acceptors (Lipinski definition) is 8. The second-order valence-electron chi connectivity index (χ2n) is 12.6. The molecule has 2 aromatic carbocycles. The maximum absolute atomic E-state index is 15.7. The van der Waals surface area contributed by atoms with Crippen molar-refractivity contribution in [2.24, 2.45) is 0 Å². The van der Waals surface area contributed by atoms with Crippen molar-refractivity contribution in [3.8, 4) is 33.4 Å². The number of halogens is 2. The van der Waals surface area contributed by atoms with E-state index in [9.17, 15) is 18.8 Å². The van der Waals surface area contributed by atoms with E-state index in [2.05, 4.69) is 20.7 Å². The van der Waals surface area contributed by atoms with E-state index in [1.807, 2.05) is 10.9 Å². The van der Waals surface area contributed by atoms with E-state index < -0.39 is 35.1 Å². The Morgan fingerprint density at radius 3 is 2.54 bits per heavy atom. The van der Waals surface area contributed by atoms with E-state index in [4.69, 9.17) is 10.5 Å². The molecule has 2 saturated heterocycles. The SMILES string of the molecule is Nc1ncc(-c2cnn(C3CCNCC3)c2)cc1-c1ccc(NC(=O)c2cn3c(c(-c4ccc(F)cc4)c2=O)C(=O)N2CCOC2C3)cc1F. The molecule has 0 bridgehead atoms. The van der Waals surface area contributed by atoms with Crippen LogP contribution in [0.2, 0.25) is 0 Å². The van der Waals surface area contributed by atoms with Crippen LogP contribution in [0.15, 0.2) is 78.1 Å². The minimum absolute atomic E-state index is 0.0290. The molecule has 254 valence electrons. The Kier molecular flexibility index (Phi) is 7.96. The normalized spacial score (nSPS) is 17.4. The topological polar surface area (TPSA) is 149 Å². The quantitative estimate of drug-likeness (QED) is 0.241.